The molecule has 2 rings (SSSR count). The fourth-order valence-electron chi connectivity index (χ4n) is 2.00. The molecule has 0 aliphatic heterocycles. The summed E-state index contributed by atoms with van der Waals surface area (Å²) in [5.41, 5.74) is 1.05. The Morgan fingerprint density at radius 3 is 2.41 bits per heavy atom. The second-order valence-electron chi connectivity index (χ2n) is 4.15. The summed E-state index contributed by atoms with van der Waals surface area (Å²) in [4.78, 5) is 12.3. The first kappa shape index (κ1) is 11.6. The maximum absolute atomic E-state index is 12.3. The van der Waals surface area contributed by atoms with Crippen molar-refractivity contribution in [2.75, 3.05) is 0 Å². The van der Waals surface area contributed by atoms with E-state index in [1.165, 1.54) is 0 Å². The molecule has 0 aliphatic carbocycles. The molecule has 1 unspecified atom stereocenters. The maximum Gasteiger partial charge on any atom is 0.205 e. The van der Waals surface area contributed by atoms with E-state index in [0.29, 0.717) is 5.76 Å². The van der Waals surface area contributed by atoms with Crippen molar-refractivity contribution in [1.29, 1.82) is 0 Å². The molecular weight excluding hydrogens is 212 g/mol. The van der Waals surface area contributed by atoms with Gasteiger partial charge in [0.05, 0.1) is 5.92 Å². The van der Waals surface area contributed by atoms with Crippen LogP contribution in [-0.2, 0) is 0 Å². The molecule has 0 fully saturated rings. The van der Waals surface area contributed by atoms with Gasteiger partial charge >= 0.3 is 0 Å². The quantitative estimate of drug-likeness (QED) is 0.741. The number of furan rings is 1. The number of hydrogen-bond acceptors (Lipinski definition) is 2. The van der Waals surface area contributed by atoms with E-state index in [1.54, 1.807) is 6.07 Å². The molecular formula is C15H16O2. The van der Waals surface area contributed by atoms with E-state index in [2.05, 4.69) is 0 Å². The summed E-state index contributed by atoms with van der Waals surface area (Å²) in [6.45, 7) is 3.87. The minimum atomic E-state index is -0.109. The number of benzene rings is 1. The number of hydrogen-bond donors (Lipinski definition) is 0. The molecule has 1 aromatic heterocycles. The third-order valence-corrected chi connectivity index (χ3v) is 2.91. The fourth-order valence-corrected chi connectivity index (χ4v) is 2.00. The Balaban J connectivity index is 2.28. The molecule has 0 saturated carbocycles. The van der Waals surface area contributed by atoms with Gasteiger partial charge in [-0.05, 0) is 31.0 Å². The van der Waals surface area contributed by atoms with E-state index in [0.717, 1.165) is 17.7 Å². The number of Topliss-reactive ketones (excluding diaryl/α,β-unsaturated/α-hetero) is 1. The summed E-state index contributed by atoms with van der Waals surface area (Å²) in [5, 5.41) is 0. The fraction of sp³-hybridized carbons (Fsp3) is 0.267. The van der Waals surface area contributed by atoms with Crippen molar-refractivity contribution in [2.45, 2.75) is 26.2 Å². The van der Waals surface area contributed by atoms with Gasteiger partial charge in [0, 0.05) is 0 Å². The number of aryl methyl sites for hydroxylation is 1. The Kier molecular flexibility index (Phi) is 3.43. The van der Waals surface area contributed by atoms with Gasteiger partial charge in [-0.2, -0.15) is 0 Å². The van der Waals surface area contributed by atoms with Gasteiger partial charge in [0.15, 0.2) is 5.76 Å². The predicted molar refractivity (Wildman–Crippen MR) is 67.2 cm³/mol. The predicted octanol–water partition coefficient (Wildman–Crippen LogP) is 3.96. The molecule has 1 heterocycles. The first-order valence-electron chi connectivity index (χ1n) is 5.88. The lowest BCUT2D eigenvalue weighted by Gasteiger charge is -2.12. The van der Waals surface area contributed by atoms with Crippen LogP contribution in [0.15, 0.2) is 46.9 Å². The Hall–Kier alpha value is -1.83. The maximum atomic E-state index is 12.3. The van der Waals surface area contributed by atoms with Crippen LogP contribution in [0, 0.1) is 6.92 Å². The van der Waals surface area contributed by atoms with E-state index >= 15 is 0 Å². The van der Waals surface area contributed by atoms with Crippen molar-refractivity contribution in [3.8, 4) is 0 Å². The molecule has 2 aromatic rings. The van der Waals surface area contributed by atoms with Crippen molar-refractivity contribution < 1.29 is 9.21 Å². The van der Waals surface area contributed by atoms with Crippen LogP contribution in [0.5, 0.6) is 0 Å². The van der Waals surface area contributed by atoms with Gasteiger partial charge in [0.1, 0.15) is 5.76 Å². The van der Waals surface area contributed by atoms with Crippen LogP contribution in [0.1, 0.15) is 41.1 Å². The highest BCUT2D eigenvalue weighted by atomic mass is 16.3. The highest BCUT2D eigenvalue weighted by Gasteiger charge is 2.22. The topological polar surface area (TPSA) is 30.2 Å². The Morgan fingerprint density at radius 2 is 1.88 bits per heavy atom. The lowest BCUT2D eigenvalue weighted by atomic mass is 9.91. The zero-order chi connectivity index (χ0) is 12.3. The number of ketones is 1. The molecule has 88 valence electrons. The van der Waals surface area contributed by atoms with Crippen LogP contribution in [0.2, 0.25) is 0 Å². The summed E-state index contributed by atoms with van der Waals surface area (Å²) in [5.74, 6) is 1.18. The SMILES string of the molecule is CCC(C(=O)c1ccc(C)o1)c1ccccc1. The van der Waals surface area contributed by atoms with Gasteiger partial charge in [-0.1, -0.05) is 37.3 Å². The van der Waals surface area contributed by atoms with Crippen molar-refractivity contribution in [1.82, 2.24) is 0 Å². The van der Waals surface area contributed by atoms with Gasteiger partial charge in [0.2, 0.25) is 5.78 Å². The Bertz CT molecular complexity index is 497. The van der Waals surface area contributed by atoms with Gasteiger partial charge in [0.25, 0.3) is 0 Å². The van der Waals surface area contributed by atoms with Crippen LogP contribution in [0.25, 0.3) is 0 Å². The summed E-state index contributed by atoms with van der Waals surface area (Å²) >= 11 is 0. The van der Waals surface area contributed by atoms with Crippen molar-refractivity contribution >= 4 is 5.78 Å². The largest absolute Gasteiger partial charge is 0.458 e. The molecule has 0 amide bonds. The van der Waals surface area contributed by atoms with E-state index < -0.39 is 0 Å². The number of carbonyl (C=O) groups is 1. The first-order chi connectivity index (χ1) is 8.22. The summed E-state index contributed by atoms with van der Waals surface area (Å²) < 4.78 is 5.40. The van der Waals surface area contributed by atoms with Crippen LogP contribution < -0.4 is 0 Å². The van der Waals surface area contributed by atoms with Crippen LogP contribution in [0.3, 0.4) is 0 Å². The molecule has 2 heteroatoms. The molecule has 0 spiro atoms. The lowest BCUT2D eigenvalue weighted by molar-refractivity contribution is 0.0928. The summed E-state index contributed by atoms with van der Waals surface area (Å²) in [6.07, 6.45) is 0.780. The van der Waals surface area contributed by atoms with Crippen molar-refractivity contribution in [3.63, 3.8) is 0 Å². The molecule has 17 heavy (non-hydrogen) atoms. The van der Waals surface area contributed by atoms with Crippen molar-refractivity contribution in [3.05, 3.63) is 59.5 Å². The molecule has 0 radical (unpaired) electrons. The van der Waals surface area contributed by atoms with E-state index in [1.807, 2.05) is 50.2 Å². The highest BCUT2D eigenvalue weighted by molar-refractivity contribution is 5.98. The minimum absolute atomic E-state index is 0.0619. The van der Waals surface area contributed by atoms with E-state index in [9.17, 15) is 4.79 Å². The lowest BCUT2D eigenvalue weighted by Crippen LogP contribution is -2.11. The molecule has 1 aromatic carbocycles. The second-order valence-corrected chi connectivity index (χ2v) is 4.15. The van der Waals surface area contributed by atoms with Gasteiger partial charge in [-0.15, -0.1) is 0 Å². The highest BCUT2D eigenvalue weighted by Crippen LogP contribution is 2.24. The first-order valence-corrected chi connectivity index (χ1v) is 5.88. The smallest absolute Gasteiger partial charge is 0.205 e. The summed E-state index contributed by atoms with van der Waals surface area (Å²) in [7, 11) is 0. The van der Waals surface area contributed by atoms with E-state index in [-0.39, 0.29) is 11.7 Å². The van der Waals surface area contributed by atoms with Crippen LogP contribution in [0.4, 0.5) is 0 Å². The average Bonchev–Trinajstić information content (AvgIpc) is 2.78. The molecule has 1 atom stereocenters. The number of carbonyl (C=O) groups excluding carboxylic acids is 1. The standard InChI is InChI=1S/C15H16O2/c1-3-13(12-7-5-4-6-8-12)15(16)14-10-9-11(2)17-14/h4-10,13H,3H2,1-2H3. The Morgan fingerprint density at radius 1 is 1.18 bits per heavy atom. The third kappa shape index (κ3) is 2.47. The molecule has 0 N–H and O–H groups in total. The Labute approximate surface area is 101 Å². The van der Waals surface area contributed by atoms with Crippen LogP contribution >= 0.6 is 0 Å². The molecule has 0 bridgehead atoms. The zero-order valence-corrected chi connectivity index (χ0v) is 10.1. The van der Waals surface area contributed by atoms with Crippen molar-refractivity contribution in [2.24, 2.45) is 0 Å². The average molecular weight is 228 g/mol. The van der Waals surface area contributed by atoms with Gasteiger partial charge in [-0.25, -0.2) is 0 Å². The molecule has 0 aliphatic rings. The van der Waals surface area contributed by atoms with Gasteiger partial charge < -0.3 is 4.42 Å². The number of rotatable bonds is 4. The third-order valence-electron chi connectivity index (χ3n) is 2.91. The zero-order valence-electron chi connectivity index (χ0n) is 10.1. The molecule has 0 saturated heterocycles. The monoisotopic (exact) mass is 228 g/mol. The summed E-state index contributed by atoms with van der Waals surface area (Å²) in [6, 6.07) is 13.4. The minimum Gasteiger partial charge on any atom is -0.458 e. The van der Waals surface area contributed by atoms with Gasteiger partial charge in [-0.3, -0.25) is 4.79 Å². The molecule has 2 nitrogen and oxygen atoms in total. The van der Waals surface area contributed by atoms with E-state index in [4.69, 9.17) is 4.42 Å². The normalized spacial score (nSPS) is 12.4. The van der Waals surface area contributed by atoms with Crippen LogP contribution in [-0.4, -0.2) is 5.78 Å². The second kappa shape index (κ2) is 5.00.